The Kier molecular flexibility index (Phi) is 4.02. The fourth-order valence-corrected chi connectivity index (χ4v) is 3.07. The zero-order chi connectivity index (χ0) is 15.0. The van der Waals surface area contributed by atoms with Gasteiger partial charge in [0.1, 0.15) is 10.3 Å². The van der Waals surface area contributed by atoms with E-state index in [1.165, 1.54) is 0 Å². The molecule has 0 atom stereocenters. The quantitative estimate of drug-likeness (QED) is 0.526. The van der Waals surface area contributed by atoms with E-state index in [9.17, 15) is 0 Å². The molecule has 0 bridgehead atoms. The predicted molar refractivity (Wildman–Crippen MR) is 87.6 cm³/mol. The first-order valence-corrected chi connectivity index (χ1v) is 7.65. The molecule has 0 unspecified atom stereocenters. The van der Waals surface area contributed by atoms with Crippen LogP contribution in [0.25, 0.3) is 22.7 Å². The Morgan fingerprint density at radius 3 is 2.29 bits per heavy atom. The molecule has 0 aliphatic rings. The standard InChI is InChI=1S/C15H9BrCl2N2O/c1-8-6-7-21-12(8)15-19-13(17)11(14(18)20-15)9-4-2-3-5-10(9)16/h2-7H,1H3. The summed E-state index contributed by atoms with van der Waals surface area (Å²) >= 11 is 16.1. The van der Waals surface area contributed by atoms with Gasteiger partial charge in [0.25, 0.3) is 0 Å². The Morgan fingerprint density at radius 2 is 1.71 bits per heavy atom. The third-order valence-electron chi connectivity index (χ3n) is 3.03. The first-order valence-electron chi connectivity index (χ1n) is 6.10. The van der Waals surface area contributed by atoms with Crippen molar-refractivity contribution < 1.29 is 4.42 Å². The van der Waals surface area contributed by atoms with Gasteiger partial charge in [-0.25, -0.2) is 9.97 Å². The van der Waals surface area contributed by atoms with Gasteiger partial charge in [0.15, 0.2) is 11.6 Å². The number of nitrogens with zero attached hydrogens (tertiary/aromatic N) is 2. The maximum Gasteiger partial charge on any atom is 0.198 e. The fourth-order valence-electron chi connectivity index (χ4n) is 2.00. The van der Waals surface area contributed by atoms with E-state index in [2.05, 4.69) is 25.9 Å². The Hall–Kier alpha value is -1.36. The van der Waals surface area contributed by atoms with Crippen LogP contribution in [0.5, 0.6) is 0 Å². The number of aromatic nitrogens is 2. The molecule has 0 radical (unpaired) electrons. The van der Waals surface area contributed by atoms with Crippen LogP contribution in [0.3, 0.4) is 0 Å². The lowest BCUT2D eigenvalue weighted by molar-refractivity contribution is 0.575. The van der Waals surface area contributed by atoms with Gasteiger partial charge < -0.3 is 4.42 Å². The van der Waals surface area contributed by atoms with E-state index < -0.39 is 0 Å². The van der Waals surface area contributed by atoms with Crippen LogP contribution in [-0.2, 0) is 0 Å². The molecule has 0 spiro atoms. The zero-order valence-electron chi connectivity index (χ0n) is 10.9. The number of hydrogen-bond acceptors (Lipinski definition) is 3. The summed E-state index contributed by atoms with van der Waals surface area (Å²) in [6, 6.07) is 9.46. The molecule has 3 aromatic rings. The van der Waals surface area contributed by atoms with Crippen LogP contribution in [0.1, 0.15) is 5.56 Å². The van der Waals surface area contributed by atoms with Crippen LogP contribution in [0.4, 0.5) is 0 Å². The average Bonchev–Trinajstić information content (AvgIpc) is 2.86. The summed E-state index contributed by atoms with van der Waals surface area (Å²) in [5, 5.41) is 0.570. The van der Waals surface area contributed by atoms with Gasteiger partial charge >= 0.3 is 0 Å². The average molecular weight is 384 g/mol. The molecule has 0 aliphatic heterocycles. The smallest absolute Gasteiger partial charge is 0.198 e. The lowest BCUT2D eigenvalue weighted by Crippen LogP contribution is -1.95. The minimum absolute atomic E-state index is 0.285. The van der Waals surface area contributed by atoms with Crippen LogP contribution in [0.2, 0.25) is 10.3 Å². The van der Waals surface area contributed by atoms with Crippen LogP contribution in [-0.4, -0.2) is 9.97 Å². The molecule has 0 aliphatic carbocycles. The summed E-state index contributed by atoms with van der Waals surface area (Å²) in [4.78, 5) is 8.62. The number of halogens is 3. The van der Waals surface area contributed by atoms with E-state index in [1.807, 2.05) is 37.3 Å². The Labute approximate surface area is 140 Å². The van der Waals surface area contributed by atoms with Gasteiger partial charge in [-0.1, -0.05) is 57.3 Å². The van der Waals surface area contributed by atoms with E-state index in [-0.39, 0.29) is 10.3 Å². The molecule has 3 nitrogen and oxygen atoms in total. The second-order valence-corrected chi connectivity index (χ2v) is 5.99. The highest BCUT2D eigenvalue weighted by Gasteiger charge is 2.18. The first-order chi connectivity index (χ1) is 10.1. The van der Waals surface area contributed by atoms with Crippen molar-refractivity contribution in [2.24, 2.45) is 0 Å². The molecule has 106 valence electrons. The van der Waals surface area contributed by atoms with Crippen LogP contribution < -0.4 is 0 Å². The van der Waals surface area contributed by atoms with Gasteiger partial charge in [-0.05, 0) is 24.6 Å². The summed E-state index contributed by atoms with van der Waals surface area (Å²) in [6.45, 7) is 1.91. The summed E-state index contributed by atoms with van der Waals surface area (Å²) in [6.07, 6.45) is 1.58. The van der Waals surface area contributed by atoms with Crippen LogP contribution >= 0.6 is 39.1 Å². The topological polar surface area (TPSA) is 38.9 Å². The van der Waals surface area contributed by atoms with Gasteiger partial charge in [0.05, 0.1) is 11.8 Å². The number of furan rings is 1. The van der Waals surface area contributed by atoms with Crippen molar-refractivity contribution in [1.29, 1.82) is 0 Å². The minimum Gasteiger partial charge on any atom is -0.461 e. The van der Waals surface area contributed by atoms with Crippen molar-refractivity contribution in [3.8, 4) is 22.7 Å². The third-order valence-corrected chi connectivity index (χ3v) is 4.27. The lowest BCUT2D eigenvalue weighted by Gasteiger charge is -2.09. The van der Waals surface area contributed by atoms with E-state index >= 15 is 0 Å². The van der Waals surface area contributed by atoms with Crippen LogP contribution in [0.15, 0.2) is 45.5 Å². The fraction of sp³-hybridized carbons (Fsp3) is 0.0667. The molecule has 3 rings (SSSR count). The molecule has 0 N–H and O–H groups in total. The van der Waals surface area contributed by atoms with Crippen molar-refractivity contribution in [2.75, 3.05) is 0 Å². The van der Waals surface area contributed by atoms with E-state index in [0.717, 1.165) is 15.6 Å². The molecule has 2 aromatic heterocycles. The molecule has 6 heteroatoms. The largest absolute Gasteiger partial charge is 0.461 e. The molecular weight excluding hydrogens is 375 g/mol. The molecule has 1 aromatic carbocycles. The van der Waals surface area contributed by atoms with Gasteiger partial charge in [-0.2, -0.15) is 0 Å². The van der Waals surface area contributed by atoms with Gasteiger partial charge in [-0.3, -0.25) is 0 Å². The summed E-state index contributed by atoms with van der Waals surface area (Å²) in [5.74, 6) is 0.945. The Bertz CT molecular complexity index is 794. The Morgan fingerprint density at radius 1 is 1.05 bits per heavy atom. The molecular formula is C15H9BrCl2N2O. The third kappa shape index (κ3) is 2.71. The lowest BCUT2D eigenvalue weighted by atomic mass is 10.1. The molecule has 0 saturated carbocycles. The highest BCUT2D eigenvalue weighted by Crippen LogP contribution is 2.38. The van der Waals surface area contributed by atoms with Crippen LogP contribution in [0, 0.1) is 6.92 Å². The predicted octanol–water partition coefficient (Wildman–Crippen LogP) is 5.78. The SMILES string of the molecule is Cc1ccoc1-c1nc(Cl)c(-c2ccccc2Br)c(Cl)n1. The first kappa shape index (κ1) is 14.6. The maximum absolute atomic E-state index is 6.31. The molecule has 2 heterocycles. The minimum atomic E-state index is 0.285. The van der Waals surface area contributed by atoms with E-state index in [4.69, 9.17) is 27.6 Å². The van der Waals surface area contributed by atoms with E-state index in [0.29, 0.717) is 17.1 Å². The van der Waals surface area contributed by atoms with Gasteiger partial charge in [-0.15, -0.1) is 0 Å². The monoisotopic (exact) mass is 382 g/mol. The van der Waals surface area contributed by atoms with E-state index in [1.54, 1.807) is 6.26 Å². The number of benzene rings is 1. The van der Waals surface area contributed by atoms with Crippen molar-refractivity contribution in [2.45, 2.75) is 6.92 Å². The normalized spacial score (nSPS) is 10.9. The maximum atomic E-state index is 6.31. The van der Waals surface area contributed by atoms with Crippen molar-refractivity contribution in [3.63, 3.8) is 0 Å². The van der Waals surface area contributed by atoms with Crippen molar-refractivity contribution >= 4 is 39.1 Å². The molecule has 21 heavy (non-hydrogen) atoms. The summed E-state index contributed by atoms with van der Waals surface area (Å²) < 4.78 is 6.25. The molecule has 0 fully saturated rings. The second kappa shape index (κ2) is 5.79. The highest BCUT2D eigenvalue weighted by molar-refractivity contribution is 9.10. The number of aryl methyl sites for hydroxylation is 1. The van der Waals surface area contributed by atoms with Gasteiger partial charge in [0, 0.05) is 10.0 Å². The molecule has 0 amide bonds. The zero-order valence-corrected chi connectivity index (χ0v) is 14.0. The van der Waals surface area contributed by atoms with Gasteiger partial charge in [0.2, 0.25) is 0 Å². The summed E-state index contributed by atoms with van der Waals surface area (Å²) in [7, 11) is 0. The molecule has 0 saturated heterocycles. The number of hydrogen-bond donors (Lipinski definition) is 0. The summed E-state index contributed by atoms with van der Waals surface area (Å²) in [5.41, 5.74) is 2.37. The number of rotatable bonds is 2. The van der Waals surface area contributed by atoms with Crippen molar-refractivity contribution in [3.05, 3.63) is 56.9 Å². The van der Waals surface area contributed by atoms with Crippen molar-refractivity contribution in [1.82, 2.24) is 9.97 Å². The Balaban J connectivity index is 2.18. The second-order valence-electron chi connectivity index (χ2n) is 4.42. The highest BCUT2D eigenvalue weighted by atomic mass is 79.9.